The van der Waals surface area contributed by atoms with E-state index >= 15 is 0 Å². The summed E-state index contributed by atoms with van der Waals surface area (Å²) in [4.78, 5) is 14.1. The minimum Gasteiger partial charge on any atom is -0.342 e. The lowest BCUT2D eigenvalue weighted by Crippen LogP contribution is -2.56. The molecule has 1 amide bonds. The van der Waals surface area contributed by atoms with Gasteiger partial charge in [-0.2, -0.15) is 0 Å². The average molecular weight is 362 g/mol. The summed E-state index contributed by atoms with van der Waals surface area (Å²) < 4.78 is 0. The van der Waals surface area contributed by atoms with Crippen molar-refractivity contribution < 1.29 is 4.79 Å². The summed E-state index contributed by atoms with van der Waals surface area (Å²) in [7, 11) is 1.98. The first-order chi connectivity index (χ1) is 13.1. The summed E-state index contributed by atoms with van der Waals surface area (Å²) in [5.41, 5.74) is 5.47. The minimum absolute atomic E-state index is 0.0952. The number of fused-ring (bicyclic) bond motifs is 3. The molecule has 1 fully saturated rings. The molecule has 1 aliphatic heterocycles. The van der Waals surface area contributed by atoms with E-state index in [-0.39, 0.29) is 5.41 Å². The summed E-state index contributed by atoms with van der Waals surface area (Å²) >= 11 is 0. The molecule has 0 saturated carbocycles. The van der Waals surface area contributed by atoms with Crippen molar-refractivity contribution in [2.24, 2.45) is 0 Å². The topological polar surface area (TPSA) is 20.3 Å². The quantitative estimate of drug-likeness (QED) is 0.628. The van der Waals surface area contributed by atoms with Crippen molar-refractivity contribution in [3.05, 3.63) is 70.8 Å². The van der Waals surface area contributed by atoms with Crippen LogP contribution >= 0.6 is 0 Å². The molecule has 2 heteroatoms. The maximum atomic E-state index is 12.1. The van der Waals surface area contributed by atoms with Crippen LogP contribution in [0, 0.1) is 0 Å². The molecule has 1 heterocycles. The van der Waals surface area contributed by atoms with Crippen LogP contribution < -0.4 is 0 Å². The molecular formula is C25H31NO. The lowest BCUT2D eigenvalue weighted by Gasteiger charge is -2.50. The van der Waals surface area contributed by atoms with E-state index in [0.29, 0.717) is 18.4 Å². The van der Waals surface area contributed by atoms with E-state index in [0.717, 1.165) is 19.3 Å². The fraction of sp³-hybridized carbons (Fsp3) is 0.400. The Hall–Kier alpha value is -2.35. The Morgan fingerprint density at radius 3 is 2.44 bits per heavy atom. The van der Waals surface area contributed by atoms with Gasteiger partial charge in [-0.1, -0.05) is 81.5 Å². The molecule has 0 aromatic heterocycles. The molecule has 2 aromatic rings. The Kier molecular flexibility index (Phi) is 5.84. The molecule has 1 saturated heterocycles. The summed E-state index contributed by atoms with van der Waals surface area (Å²) in [6, 6.07) is 17.6. The van der Waals surface area contributed by atoms with Crippen LogP contribution in [0.15, 0.2) is 48.5 Å². The van der Waals surface area contributed by atoms with Gasteiger partial charge in [0.1, 0.15) is 0 Å². The summed E-state index contributed by atoms with van der Waals surface area (Å²) in [6.45, 7) is 6.35. The van der Waals surface area contributed by atoms with E-state index in [1.807, 2.05) is 31.9 Å². The van der Waals surface area contributed by atoms with Crippen LogP contribution in [-0.4, -0.2) is 23.9 Å². The van der Waals surface area contributed by atoms with Gasteiger partial charge < -0.3 is 4.90 Å². The van der Waals surface area contributed by atoms with Crippen molar-refractivity contribution in [1.82, 2.24) is 4.90 Å². The van der Waals surface area contributed by atoms with Crippen LogP contribution in [0.25, 0.3) is 12.2 Å². The van der Waals surface area contributed by atoms with Gasteiger partial charge in [0, 0.05) is 24.9 Å². The summed E-state index contributed by atoms with van der Waals surface area (Å²) in [6.07, 6.45) is 8.12. The second-order valence-electron chi connectivity index (χ2n) is 7.64. The molecule has 2 nitrogen and oxygen atoms in total. The first-order valence-corrected chi connectivity index (χ1v) is 10.2. The van der Waals surface area contributed by atoms with Crippen molar-refractivity contribution in [1.29, 1.82) is 0 Å². The zero-order chi connectivity index (χ0) is 19.4. The van der Waals surface area contributed by atoms with Gasteiger partial charge in [0.15, 0.2) is 0 Å². The third-order valence-corrected chi connectivity index (χ3v) is 6.15. The number of likely N-dealkylation sites (tertiary alicyclic amines) is 1. The first-order valence-electron chi connectivity index (χ1n) is 10.2. The number of rotatable bonds is 2. The van der Waals surface area contributed by atoms with Gasteiger partial charge in [0.25, 0.3) is 0 Å². The first kappa shape index (κ1) is 19.4. The number of aryl methyl sites for hydroxylation is 1. The maximum absolute atomic E-state index is 12.1. The van der Waals surface area contributed by atoms with Crippen LogP contribution in [0.2, 0.25) is 0 Å². The standard InChI is InChI=1S/C23H25NO.C2H6/c1-23-15-14-22(25)24(2)21(23)13-11-19-16-18(10-12-20(19)23)9-8-17-6-4-3-5-7-17;1-2/h3-10,12,16,21H,11,13-15H2,1-2H3;1-2H3/b9-8+;/t21?,23-;/m1./s1. The van der Waals surface area contributed by atoms with Crippen LogP contribution in [0.5, 0.6) is 0 Å². The number of likely N-dealkylation sites (N-methyl/N-ethyl adjacent to an activating group) is 1. The second-order valence-corrected chi connectivity index (χ2v) is 7.64. The van der Waals surface area contributed by atoms with E-state index in [2.05, 4.69) is 61.5 Å². The molecule has 0 bridgehead atoms. The largest absolute Gasteiger partial charge is 0.342 e. The molecule has 2 atom stereocenters. The zero-order valence-corrected chi connectivity index (χ0v) is 17.0. The Labute approximate surface area is 163 Å². The number of carbonyl (C=O) groups excluding carboxylic acids is 1. The van der Waals surface area contributed by atoms with Gasteiger partial charge in [0.2, 0.25) is 5.91 Å². The van der Waals surface area contributed by atoms with Gasteiger partial charge in [-0.25, -0.2) is 0 Å². The number of benzene rings is 2. The number of hydrogen-bond acceptors (Lipinski definition) is 1. The molecule has 4 rings (SSSR count). The van der Waals surface area contributed by atoms with Gasteiger partial charge in [0.05, 0.1) is 0 Å². The Morgan fingerprint density at radius 1 is 1.00 bits per heavy atom. The lowest BCUT2D eigenvalue weighted by atomic mass is 9.63. The highest BCUT2D eigenvalue weighted by Crippen LogP contribution is 2.45. The monoisotopic (exact) mass is 361 g/mol. The van der Waals surface area contributed by atoms with E-state index in [4.69, 9.17) is 0 Å². The van der Waals surface area contributed by atoms with Crippen molar-refractivity contribution in [2.45, 2.75) is 57.9 Å². The van der Waals surface area contributed by atoms with Crippen molar-refractivity contribution in [3.63, 3.8) is 0 Å². The zero-order valence-electron chi connectivity index (χ0n) is 17.0. The summed E-state index contributed by atoms with van der Waals surface area (Å²) in [5, 5.41) is 0. The molecule has 0 radical (unpaired) electrons. The number of piperidine rings is 1. The van der Waals surface area contributed by atoms with Crippen LogP contribution in [0.3, 0.4) is 0 Å². The third kappa shape index (κ3) is 3.71. The highest BCUT2D eigenvalue weighted by atomic mass is 16.2. The van der Waals surface area contributed by atoms with Crippen molar-refractivity contribution in [3.8, 4) is 0 Å². The molecule has 0 spiro atoms. The molecular weight excluding hydrogens is 330 g/mol. The van der Waals surface area contributed by atoms with E-state index in [9.17, 15) is 4.79 Å². The highest BCUT2D eigenvalue weighted by molar-refractivity contribution is 5.78. The van der Waals surface area contributed by atoms with E-state index in [1.165, 1.54) is 22.3 Å². The Bertz CT molecular complexity index is 823. The smallest absolute Gasteiger partial charge is 0.222 e. The molecule has 27 heavy (non-hydrogen) atoms. The molecule has 2 aromatic carbocycles. The number of hydrogen-bond donors (Lipinski definition) is 0. The minimum atomic E-state index is 0.0952. The van der Waals surface area contributed by atoms with Gasteiger partial charge in [-0.15, -0.1) is 0 Å². The van der Waals surface area contributed by atoms with Gasteiger partial charge in [-0.3, -0.25) is 4.79 Å². The van der Waals surface area contributed by atoms with Crippen LogP contribution in [0.4, 0.5) is 0 Å². The average Bonchev–Trinajstić information content (AvgIpc) is 2.72. The maximum Gasteiger partial charge on any atom is 0.222 e. The molecule has 2 aliphatic rings. The fourth-order valence-electron chi connectivity index (χ4n) is 4.67. The fourth-order valence-corrected chi connectivity index (χ4v) is 4.67. The molecule has 1 aliphatic carbocycles. The predicted molar refractivity (Wildman–Crippen MR) is 115 cm³/mol. The van der Waals surface area contributed by atoms with Crippen molar-refractivity contribution >= 4 is 18.1 Å². The van der Waals surface area contributed by atoms with Crippen LogP contribution in [-0.2, 0) is 16.6 Å². The number of amides is 1. The Balaban J connectivity index is 0.00000102. The molecule has 0 N–H and O–H groups in total. The van der Waals surface area contributed by atoms with Crippen molar-refractivity contribution in [2.75, 3.05) is 7.05 Å². The van der Waals surface area contributed by atoms with Gasteiger partial charge in [-0.05, 0) is 41.5 Å². The highest BCUT2D eigenvalue weighted by Gasteiger charge is 2.46. The van der Waals surface area contributed by atoms with Gasteiger partial charge >= 0.3 is 0 Å². The van der Waals surface area contributed by atoms with E-state index in [1.54, 1.807) is 0 Å². The van der Waals surface area contributed by atoms with Crippen LogP contribution in [0.1, 0.15) is 62.3 Å². The third-order valence-electron chi connectivity index (χ3n) is 6.15. The Morgan fingerprint density at radius 2 is 1.70 bits per heavy atom. The second kappa shape index (κ2) is 8.12. The molecule has 142 valence electrons. The number of nitrogens with zero attached hydrogens (tertiary/aromatic N) is 1. The normalized spacial score (nSPS) is 24.1. The molecule has 1 unspecified atom stereocenters. The number of carbonyl (C=O) groups is 1. The van der Waals surface area contributed by atoms with E-state index < -0.39 is 0 Å². The SMILES string of the molecule is CC.CN1C(=O)CC[C@]2(C)c3ccc(/C=C/c4ccccc4)cc3CCC12. The predicted octanol–water partition coefficient (Wildman–Crippen LogP) is 5.71. The summed E-state index contributed by atoms with van der Waals surface area (Å²) in [5.74, 6) is 0.299. The lowest BCUT2D eigenvalue weighted by molar-refractivity contribution is -0.138.